The van der Waals surface area contributed by atoms with Crippen molar-refractivity contribution in [3.63, 3.8) is 0 Å². The van der Waals surface area contributed by atoms with Crippen molar-refractivity contribution in [2.24, 2.45) is 0 Å². The quantitative estimate of drug-likeness (QED) is 0.354. The van der Waals surface area contributed by atoms with E-state index in [9.17, 15) is 24.0 Å². The van der Waals surface area contributed by atoms with Crippen molar-refractivity contribution in [1.29, 1.82) is 0 Å². The van der Waals surface area contributed by atoms with Crippen molar-refractivity contribution in [3.8, 4) is 0 Å². The Balaban J connectivity index is 2.02. The number of imide groups is 1. The van der Waals surface area contributed by atoms with Crippen LogP contribution in [0.4, 0.5) is 9.59 Å². The van der Waals surface area contributed by atoms with Crippen molar-refractivity contribution in [1.82, 2.24) is 4.90 Å². The van der Waals surface area contributed by atoms with E-state index in [1.807, 2.05) is 31.2 Å². The molecule has 6 atom stereocenters. The summed E-state index contributed by atoms with van der Waals surface area (Å²) >= 11 is 1.34. The van der Waals surface area contributed by atoms with Crippen LogP contribution in [0.2, 0.25) is 0 Å². The Morgan fingerprint density at radius 1 is 1.05 bits per heavy atom. The van der Waals surface area contributed by atoms with E-state index in [1.54, 1.807) is 0 Å². The van der Waals surface area contributed by atoms with E-state index in [0.29, 0.717) is 0 Å². The Labute approximate surface area is 217 Å². The average molecular weight is 540 g/mol. The number of thioether (sulfide) groups is 1. The molecule has 0 bridgehead atoms. The molecule has 1 aromatic carbocycles. The van der Waals surface area contributed by atoms with Crippen LogP contribution in [0.3, 0.4) is 0 Å². The number of fused-ring (bicyclic) bond motifs is 1. The first-order valence-electron chi connectivity index (χ1n) is 11.4. The van der Waals surface area contributed by atoms with E-state index < -0.39 is 72.6 Å². The minimum absolute atomic E-state index is 0.202. The molecule has 13 heteroatoms. The lowest BCUT2D eigenvalue weighted by molar-refractivity contribution is -0.199. The number of carbonyl (C=O) groups is 5. The van der Waals surface area contributed by atoms with E-state index in [2.05, 4.69) is 0 Å². The molecule has 2 amide bonds. The second-order valence-electron chi connectivity index (χ2n) is 8.47. The van der Waals surface area contributed by atoms with Gasteiger partial charge in [0.2, 0.25) is 0 Å². The lowest BCUT2D eigenvalue weighted by Crippen LogP contribution is -2.61. The maximum atomic E-state index is 12.7. The van der Waals surface area contributed by atoms with Gasteiger partial charge in [-0.15, -0.1) is 0 Å². The molecule has 2 heterocycles. The second kappa shape index (κ2) is 12.3. The van der Waals surface area contributed by atoms with Gasteiger partial charge in [0.15, 0.2) is 12.2 Å². The zero-order chi connectivity index (χ0) is 27.3. The molecule has 0 aromatic heterocycles. The highest BCUT2D eigenvalue weighted by Crippen LogP contribution is 2.41. The normalized spacial score (nSPS) is 24.2. The molecule has 0 spiro atoms. The molecule has 2 aliphatic heterocycles. The van der Waals surface area contributed by atoms with Gasteiger partial charge in [0.25, 0.3) is 0 Å². The van der Waals surface area contributed by atoms with Gasteiger partial charge in [-0.2, -0.15) is 0 Å². The number of carbonyl (C=O) groups excluding carboxylic acids is 5. The molecule has 2 saturated heterocycles. The molecule has 37 heavy (non-hydrogen) atoms. The molecule has 0 N–H and O–H groups in total. The van der Waals surface area contributed by atoms with E-state index >= 15 is 0 Å². The standard InChI is InChI=1S/C24H29NO11S/c1-12-6-8-16(9-7-12)37-19-10-17-20(25(23(29)31-5)24(30)35-17)22(36-19)21(34-15(4)28)18(33-14(3)27)11-32-13(2)26/h6-9,17-22H,10-11H2,1-5H3/t17-,18+,19-,20+,21+,22+/m0/s1. The van der Waals surface area contributed by atoms with Crippen LogP contribution in [-0.4, -0.2) is 84.6 Å². The molecule has 0 saturated carbocycles. The fourth-order valence-corrected chi connectivity index (χ4v) is 5.22. The Morgan fingerprint density at radius 2 is 1.70 bits per heavy atom. The molecule has 3 rings (SSSR count). The van der Waals surface area contributed by atoms with E-state index in [4.69, 9.17) is 28.4 Å². The van der Waals surface area contributed by atoms with Crippen LogP contribution in [-0.2, 0) is 42.8 Å². The van der Waals surface area contributed by atoms with Crippen LogP contribution in [0.15, 0.2) is 29.2 Å². The maximum Gasteiger partial charge on any atom is 0.420 e. The van der Waals surface area contributed by atoms with Gasteiger partial charge in [-0.25, -0.2) is 14.5 Å². The van der Waals surface area contributed by atoms with E-state index in [-0.39, 0.29) is 6.42 Å². The Kier molecular flexibility index (Phi) is 9.38. The molecule has 1 aromatic rings. The van der Waals surface area contributed by atoms with Crippen molar-refractivity contribution in [3.05, 3.63) is 29.8 Å². The lowest BCUT2D eigenvalue weighted by atomic mass is 9.92. The summed E-state index contributed by atoms with van der Waals surface area (Å²) in [5, 5.41) is 0. The number of esters is 3. The number of rotatable bonds is 8. The Morgan fingerprint density at radius 3 is 2.27 bits per heavy atom. The number of ether oxygens (including phenoxy) is 6. The third-order valence-corrected chi connectivity index (χ3v) is 6.73. The second-order valence-corrected chi connectivity index (χ2v) is 9.71. The number of nitrogens with zero attached hydrogens (tertiary/aromatic N) is 1. The van der Waals surface area contributed by atoms with Crippen LogP contribution in [0.5, 0.6) is 0 Å². The van der Waals surface area contributed by atoms with Crippen LogP contribution in [0.1, 0.15) is 32.8 Å². The summed E-state index contributed by atoms with van der Waals surface area (Å²) in [5.41, 5.74) is 0.457. The van der Waals surface area contributed by atoms with Gasteiger partial charge in [-0.05, 0) is 19.1 Å². The molecule has 0 aliphatic carbocycles. The molecule has 2 fully saturated rings. The van der Waals surface area contributed by atoms with Crippen LogP contribution in [0, 0.1) is 6.92 Å². The zero-order valence-corrected chi connectivity index (χ0v) is 21.9. The Bertz CT molecular complexity index is 1030. The fourth-order valence-electron chi connectivity index (χ4n) is 4.16. The minimum Gasteiger partial charge on any atom is -0.462 e. The van der Waals surface area contributed by atoms with Gasteiger partial charge in [0.05, 0.1) is 7.11 Å². The van der Waals surface area contributed by atoms with Gasteiger partial charge in [-0.1, -0.05) is 29.5 Å². The molecule has 12 nitrogen and oxygen atoms in total. The van der Waals surface area contributed by atoms with E-state index in [1.165, 1.54) is 11.8 Å². The van der Waals surface area contributed by atoms with Crippen LogP contribution < -0.4 is 0 Å². The number of amides is 2. The fraction of sp³-hybridized carbons (Fsp3) is 0.542. The van der Waals surface area contributed by atoms with Crippen LogP contribution >= 0.6 is 11.8 Å². The first-order valence-corrected chi connectivity index (χ1v) is 12.3. The van der Waals surface area contributed by atoms with Crippen molar-refractivity contribution in [2.75, 3.05) is 13.7 Å². The average Bonchev–Trinajstić information content (AvgIpc) is 3.16. The number of hydrogen-bond donors (Lipinski definition) is 0. The highest BCUT2D eigenvalue weighted by Gasteiger charge is 2.58. The molecule has 0 unspecified atom stereocenters. The first-order chi connectivity index (χ1) is 17.5. The van der Waals surface area contributed by atoms with E-state index in [0.717, 1.165) is 43.2 Å². The van der Waals surface area contributed by atoms with Gasteiger partial charge in [-0.3, -0.25) is 14.4 Å². The number of methoxy groups -OCH3 is 1. The summed E-state index contributed by atoms with van der Waals surface area (Å²) < 4.78 is 32.5. The summed E-state index contributed by atoms with van der Waals surface area (Å²) in [4.78, 5) is 62.3. The lowest BCUT2D eigenvalue weighted by Gasteiger charge is -2.42. The third-order valence-electron chi connectivity index (χ3n) is 5.62. The van der Waals surface area contributed by atoms with Gasteiger partial charge >= 0.3 is 30.1 Å². The molecular formula is C24H29NO11S. The predicted octanol–water partition coefficient (Wildman–Crippen LogP) is 2.58. The maximum absolute atomic E-state index is 12.7. The molecule has 0 radical (unpaired) electrons. The molecular weight excluding hydrogens is 510 g/mol. The van der Waals surface area contributed by atoms with Crippen molar-refractivity contribution < 1.29 is 52.4 Å². The summed E-state index contributed by atoms with van der Waals surface area (Å²) in [5.74, 6) is -2.16. The highest BCUT2D eigenvalue weighted by atomic mass is 32.2. The number of hydrogen-bond acceptors (Lipinski definition) is 12. The summed E-state index contributed by atoms with van der Waals surface area (Å²) in [6, 6.07) is 6.57. The number of aryl methyl sites for hydroxylation is 1. The highest BCUT2D eigenvalue weighted by molar-refractivity contribution is 7.99. The topological polar surface area (TPSA) is 144 Å². The Hall–Kier alpha value is -3.32. The van der Waals surface area contributed by atoms with Gasteiger partial charge in [0, 0.05) is 32.1 Å². The van der Waals surface area contributed by atoms with Crippen molar-refractivity contribution >= 4 is 41.9 Å². The summed E-state index contributed by atoms with van der Waals surface area (Å²) in [6.45, 7) is 4.92. The minimum atomic E-state index is -1.38. The predicted molar refractivity (Wildman–Crippen MR) is 126 cm³/mol. The SMILES string of the molecule is COC(=O)N1C(=O)O[C@H]2C[C@H](Sc3ccc(C)cc3)O[C@@H]([C@H](OC(C)=O)[C@@H](COC(C)=O)OC(C)=O)[C@@H]21. The largest absolute Gasteiger partial charge is 0.462 e. The van der Waals surface area contributed by atoms with Crippen LogP contribution in [0.25, 0.3) is 0 Å². The zero-order valence-electron chi connectivity index (χ0n) is 21.0. The summed E-state index contributed by atoms with van der Waals surface area (Å²) in [7, 11) is 1.10. The third kappa shape index (κ3) is 7.13. The van der Waals surface area contributed by atoms with Gasteiger partial charge < -0.3 is 28.4 Å². The monoisotopic (exact) mass is 539 g/mol. The van der Waals surface area contributed by atoms with Crippen molar-refractivity contribution in [2.45, 2.75) is 74.9 Å². The number of benzene rings is 1. The smallest absolute Gasteiger partial charge is 0.420 e. The molecule has 2 aliphatic rings. The first kappa shape index (κ1) is 28.3. The summed E-state index contributed by atoms with van der Waals surface area (Å²) in [6.07, 6.45) is -6.52. The molecule has 202 valence electrons. The van der Waals surface area contributed by atoms with Gasteiger partial charge in [0.1, 0.15) is 30.3 Å².